The zero-order valence-corrected chi connectivity index (χ0v) is 10.6. The quantitative estimate of drug-likeness (QED) is 0.743. The molecule has 0 spiro atoms. The molecule has 0 aromatic carbocycles. The molecule has 1 atom stereocenters. The van der Waals surface area contributed by atoms with Crippen LogP contribution in [-0.2, 0) is 4.79 Å². The van der Waals surface area contributed by atoms with Crippen LogP contribution < -0.4 is 0 Å². The molecule has 1 rings (SSSR count). The summed E-state index contributed by atoms with van der Waals surface area (Å²) >= 11 is 0. The molecule has 94 valence electrons. The zero-order valence-electron chi connectivity index (χ0n) is 10.6. The third kappa shape index (κ3) is 4.10. The fraction of sp³-hybridized carbons (Fsp3) is 0.917. The second kappa shape index (κ2) is 6.21. The van der Waals surface area contributed by atoms with Gasteiger partial charge in [0, 0.05) is 25.0 Å². The molecule has 1 N–H and O–H groups in total. The van der Waals surface area contributed by atoms with Crippen LogP contribution in [0.3, 0.4) is 0 Å². The molecule has 1 aliphatic heterocycles. The standard InChI is InChI=1S/C12H24N2O2/c1-10(2)14(7-4-5-12(15)16)11-6-8-13(3)9-11/h10-11H,4-9H2,1-3H3,(H,15,16). The summed E-state index contributed by atoms with van der Waals surface area (Å²) in [5.41, 5.74) is 0. The first-order valence-electron chi connectivity index (χ1n) is 6.16. The minimum absolute atomic E-state index is 0.284. The normalized spacial score (nSPS) is 22.2. The highest BCUT2D eigenvalue weighted by molar-refractivity contribution is 5.66. The number of likely N-dealkylation sites (N-methyl/N-ethyl adjacent to an activating group) is 1. The summed E-state index contributed by atoms with van der Waals surface area (Å²) < 4.78 is 0. The molecular formula is C12H24N2O2. The molecule has 16 heavy (non-hydrogen) atoms. The van der Waals surface area contributed by atoms with Gasteiger partial charge in [0.25, 0.3) is 0 Å². The molecule has 0 saturated carbocycles. The van der Waals surface area contributed by atoms with E-state index < -0.39 is 5.97 Å². The van der Waals surface area contributed by atoms with Crippen LogP contribution in [0.25, 0.3) is 0 Å². The molecular weight excluding hydrogens is 204 g/mol. The van der Waals surface area contributed by atoms with Gasteiger partial charge in [-0.1, -0.05) is 0 Å². The van der Waals surface area contributed by atoms with Gasteiger partial charge in [0.15, 0.2) is 0 Å². The van der Waals surface area contributed by atoms with Crippen molar-refractivity contribution in [2.75, 3.05) is 26.7 Å². The topological polar surface area (TPSA) is 43.8 Å². The molecule has 0 aromatic heterocycles. The summed E-state index contributed by atoms with van der Waals surface area (Å²) in [5, 5.41) is 8.65. The Bertz CT molecular complexity index is 231. The van der Waals surface area contributed by atoms with Crippen molar-refractivity contribution in [3.63, 3.8) is 0 Å². The predicted molar refractivity (Wildman–Crippen MR) is 64.6 cm³/mol. The van der Waals surface area contributed by atoms with Gasteiger partial charge >= 0.3 is 5.97 Å². The maximum Gasteiger partial charge on any atom is 0.303 e. The van der Waals surface area contributed by atoms with Gasteiger partial charge in [0.05, 0.1) is 0 Å². The Balaban J connectivity index is 2.38. The number of carbonyl (C=O) groups is 1. The minimum atomic E-state index is -0.688. The molecule has 0 amide bonds. The van der Waals surface area contributed by atoms with Gasteiger partial charge < -0.3 is 10.0 Å². The van der Waals surface area contributed by atoms with Gasteiger partial charge in [0.2, 0.25) is 0 Å². The van der Waals surface area contributed by atoms with Crippen LogP contribution in [0.1, 0.15) is 33.1 Å². The van der Waals surface area contributed by atoms with E-state index in [1.54, 1.807) is 0 Å². The van der Waals surface area contributed by atoms with Gasteiger partial charge in [-0.15, -0.1) is 0 Å². The number of nitrogens with zero attached hydrogens (tertiary/aromatic N) is 2. The SMILES string of the molecule is CC(C)N(CCCC(=O)O)C1CCN(C)C1. The monoisotopic (exact) mass is 228 g/mol. The molecule has 4 heteroatoms. The smallest absolute Gasteiger partial charge is 0.303 e. The maximum absolute atomic E-state index is 10.5. The Morgan fingerprint density at radius 2 is 2.25 bits per heavy atom. The van der Waals surface area contributed by atoms with Crippen LogP contribution in [0.2, 0.25) is 0 Å². The van der Waals surface area contributed by atoms with E-state index in [-0.39, 0.29) is 6.42 Å². The summed E-state index contributed by atoms with van der Waals surface area (Å²) in [6.07, 6.45) is 2.25. The Morgan fingerprint density at radius 1 is 1.56 bits per heavy atom. The Labute approximate surface area is 98.2 Å². The van der Waals surface area contributed by atoms with Crippen molar-refractivity contribution in [3.05, 3.63) is 0 Å². The molecule has 0 bridgehead atoms. The third-order valence-corrected chi connectivity index (χ3v) is 3.31. The molecule has 1 saturated heterocycles. The van der Waals surface area contributed by atoms with E-state index in [4.69, 9.17) is 5.11 Å². The van der Waals surface area contributed by atoms with Gasteiger partial charge in [-0.25, -0.2) is 0 Å². The fourth-order valence-corrected chi connectivity index (χ4v) is 2.46. The lowest BCUT2D eigenvalue weighted by Crippen LogP contribution is -2.42. The number of carboxylic acids is 1. The molecule has 4 nitrogen and oxygen atoms in total. The van der Waals surface area contributed by atoms with Crippen LogP contribution in [0, 0.1) is 0 Å². The highest BCUT2D eigenvalue weighted by Gasteiger charge is 2.26. The molecule has 0 radical (unpaired) electrons. The van der Waals surface area contributed by atoms with E-state index in [2.05, 4.69) is 30.7 Å². The first-order chi connectivity index (χ1) is 7.50. The second-order valence-corrected chi connectivity index (χ2v) is 5.03. The summed E-state index contributed by atoms with van der Waals surface area (Å²) in [5.74, 6) is -0.688. The summed E-state index contributed by atoms with van der Waals surface area (Å²) in [7, 11) is 2.15. The lowest BCUT2D eigenvalue weighted by atomic mass is 10.1. The number of hydrogen-bond acceptors (Lipinski definition) is 3. The van der Waals surface area contributed by atoms with Crippen molar-refractivity contribution in [1.29, 1.82) is 0 Å². The van der Waals surface area contributed by atoms with Crippen molar-refractivity contribution in [3.8, 4) is 0 Å². The van der Waals surface area contributed by atoms with Crippen molar-refractivity contribution in [2.24, 2.45) is 0 Å². The molecule has 0 aliphatic carbocycles. The minimum Gasteiger partial charge on any atom is -0.481 e. The summed E-state index contributed by atoms with van der Waals surface area (Å²) in [4.78, 5) is 15.3. The number of rotatable bonds is 6. The first-order valence-corrected chi connectivity index (χ1v) is 6.16. The van der Waals surface area contributed by atoms with E-state index in [1.807, 2.05) is 0 Å². The Kier molecular flexibility index (Phi) is 5.22. The van der Waals surface area contributed by atoms with Gasteiger partial charge in [0.1, 0.15) is 0 Å². The van der Waals surface area contributed by atoms with Crippen molar-refractivity contribution >= 4 is 5.97 Å². The van der Waals surface area contributed by atoms with Crippen molar-refractivity contribution < 1.29 is 9.90 Å². The van der Waals surface area contributed by atoms with Crippen molar-refractivity contribution in [1.82, 2.24) is 9.80 Å². The highest BCUT2D eigenvalue weighted by atomic mass is 16.4. The van der Waals surface area contributed by atoms with Crippen LogP contribution in [0.15, 0.2) is 0 Å². The largest absolute Gasteiger partial charge is 0.481 e. The third-order valence-electron chi connectivity index (χ3n) is 3.31. The Morgan fingerprint density at radius 3 is 2.69 bits per heavy atom. The average Bonchev–Trinajstić information content (AvgIpc) is 2.58. The molecule has 1 aliphatic rings. The molecule has 1 fully saturated rings. The maximum atomic E-state index is 10.5. The zero-order chi connectivity index (χ0) is 12.1. The second-order valence-electron chi connectivity index (χ2n) is 5.03. The van der Waals surface area contributed by atoms with Crippen LogP contribution >= 0.6 is 0 Å². The van der Waals surface area contributed by atoms with Crippen LogP contribution in [0.5, 0.6) is 0 Å². The average molecular weight is 228 g/mol. The van der Waals surface area contributed by atoms with E-state index in [0.717, 1.165) is 26.1 Å². The number of carboxylic acid groups (broad SMARTS) is 1. The fourth-order valence-electron chi connectivity index (χ4n) is 2.46. The molecule has 0 aromatic rings. The summed E-state index contributed by atoms with van der Waals surface area (Å²) in [6, 6.07) is 1.11. The lowest BCUT2D eigenvalue weighted by Gasteiger charge is -2.32. The van der Waals surface area contributed by atoms with E-state index in [1.165, 1.54) is 6.42 Å². The van der Waals surface area contributed by atoms with E-state index >= 15 is 0 Å². The molecule has 1 heterocycles. The predicted octanol–water partition coefficient (Wildman–Crippen LogP) is 1.27. The van der Waals surface area contributed by atoms with Crippen LogP contribution in [0.4, 0.5) is 0 Å². The van der Waals surface area contributed by atoms with E-state index in [9.17, 15) is 4.79 Å². The molecule has 1 unspecified atom stereocenters. The Hall–Kier alpha value is -0.610. The highest BCUT2D eigenvalue weighted by Crippen LogP contribution is 2.17. The summed E-state index contributed by atoms with van der Waals surface area (Å²) in [6.45, 7) is 7.57. The number of aliphatic carboxylic acids is 1. The lowest BCUT2D eigenvalue weighted by molar-refractivity contribution is -0.137. The van der Waals surface area contributed by atoms with E-state index in [0.29, 0.717) is 12.1 Å². The van der Waals surface area contributed by atoms with Crippen LogP contribution in [-0.4, -0.2) is 59.6 Å². The van der Waals surface area contributed by atoms with Crippen molar-refractivity contribution in [2.45, 2.75) is 45.2 Å². The van der Waals surface area contributed by atoms with Gasteiger partial charge in [-0.05, 0) is 46.8 Å². The van der Waals surface area contributed by atoms with Gasteiger partial charge in [-0.3, -0.25) is 9.69 Å². The number of hydrogen-bond donors (Lipinski definition) is 1. The van der Waals surface area contributed by atoms with Gasteiger partial charge in [-0.2, -0.15) is 0 Å². The number of likely N-dealkylation sites (tertiary alicyclic amines) is 1. The first kappa shape index (κ1) is 13.5.